The van der Waals surface area contributed by atoms with Crippen molar-refractivity contribution in [3.05, 3.63) is 47.4 Å². The molecule has 3 heterocycles. The molecule has 1 aromatic heterocycles. The Morgan fingerprint density at radius 2 is 1.93 bits per heavy atom. The topological polar surface area (TPSA) is 114 Å². The highest BCUT2D eigenvalue weighted by Crippen LogP contribution is 2.27. The van der Waals surface area contributed by atoms with Crippen molar-refractivity contribution in [3.63, 3.8) is 0 Å². The number of carbonyl (C=O) groups is 1. The van der Waals surface area contributed by atoms with Crippen molar-refractivity contribution < 1.29 is 9.53 Å². The molecule has 1 atom stereocenters. The number of amides is 1. The van der Waals surface area contributed by atoms with Crippen LogP contribution in [-0.4, -0.2) is 48.7 Å². The molecule has 0 spiro atoms. The predicted molar refractivity (Wildman–Crippen MR) is 114 cm³/mol. The van der Waals surface area contributed by atoms with Gasteiger partial charge in [-0.3, -0.25) is 4.79 Å². The molecule has 0 aliphatic carbocycles. The Balaban J connectivity index is 0.00000240. The van der Waals surface area contributed by atoms with Crippen LogP contribution in [0.2, 0.25) is 0 Å². The van der Waals surface area contributed by atoms with Crippen LogP contribution >= 0.6 is 12.4 Å². The molecule has 156 valence electrons. The quantitative estimate of drug-likeness (QED) is 0.586. The van der Waals surface area contributed by atoms with Crippen LogP contribution in [-0.2, 0) is 4.74 Å². The number of morpholine rings is 1. The first-order valence-electron chi connectivity index (χ1n) is 9.76. The zero-order valence-electron chi connectivity index (χ0n) is 16.2. The lowest BCUT2D eigenvalue weighted by atomic mass is 9.90. The van der Waals surface area contributed by atoms with Gasteiger partial charge >= 0.3 is 0 Å². The fraction of sp³-hybridized carbons (Fsp3) is 0.450. The third-order valence-electron chi connectivity index (χ3n) is 5.29. The number of rotatable bonds is 5. The Morgan fingerprint density at radius 3 is 2.59 bits per heavy atom. The normalized spacial score (nSPS) is 19.9. The number of nitrogens with one attached hydrogen (secondary N) is 3. The second-order valence-electron chi connectivity index (χ2n) is 7.21. The number of benzene rings is 1. The summed E-state index contributed by atoms with van der Waals surface area (Å²) in [6.45, 7) is 4.08. The number of nitrogens with zero attached hydrogens (tertiary/aromatic N) is 2. The van der Waals surface area contributed by atoms with Gasteiger partial charge in [0, 0.05) is 12.2 Å². The van der Waals surface area contributed by atoms with E-state index in [1.165, 1.54) is 5.56 Å². The summed E-state index contributed by atoms with van der Waals surface area (Å²) in [5.41, 5.74) is 8.52. The van der Waals surface area contributed by atoms with Crippen molar-refractivity contribution in [2.75, 3.05) is 38.2 Å². The smallest absolute Gasteiger partial charge is 0.271 e. The third-order valence-corrected chi connectivity index (χ3v) is 5.29. The van der Waals surface area contributed by atoms with Gasteiger partial charge < -0.3 is 26.4 Å². The van der Waals surface area contributed by atoms with E-state index in [9.17, 15) is 4.79 Å². The molecule has 2 aromatic rings. The van der Waals surface area contributed by atoms with Crippen molar-refractivity contribution >= 4 is 29.8 Å². The molecule has 0 saturated carbocycles. The first kappa shape index (κ1) is 21.4. The molecule has 2 aliphatic heterocycles. The number of halogens is 1. The monoisotopic (exact) mass is 418 g/mol. The van der Waals surface area contributed by atoms with Gasteiger partial charge in [-0.2, -0.15) is 0 Å². The number of hydrogen-bond donors (Lipinski definition) is 4. The lowest BCUT2D eigenvalue weighted by Crippen LogP contribution is -2.35. The Labute approximate surface area is 176 Å². The van der Waals surface area contributed by atoms with Crippen LogP contribution in [0.1, 0.15) is 46.5 Å². The van der Waals surface area contributed by atoms with Crippen molar-refractivity contribution in [2.45, 2.75) is 24.8 Å². The highest BCUT2D eigenvalue weighted by atomic mass is 35.5. The van der Waals surface area contributed by atoms with E-state index < -0.39 is 5.91 Å². The lowest BCUT2D eigenvalue weighted by Gasteiger charge is -2.24. The van der Waals surface area contributed by atoms with Gasteiger partial charge in [0.1, 0.15) is 0 Å². The standard InChI is InChI=1S/C20H26N6O2.ClH/c21-19(27)18-20(26-16(11-24-18)17-12-28-10-9-23-17)25-15-3-1-13(2-4-15)14-5-7-22-8-6-14;/h1-4,11,14,17,22-23H,5-10,12H2,(H2,21,27)(H,25,26);1H. The van der Waals surface area contributed by atoms with Crippen LogP contribution in [0.4, 0.5) is 11.5 Å². The molecule has 2 fully saturated rings. The van der Waals surface area contributed by atoms with Crippen LogP contribution in [0.5, 0.6) is 0 Å². The van der Waals surface area contributed by atoms with E-state index in [0.29, 0.717) is 24.9 Å². The Hall–Kier alpha value is -2.26. The molecule has 1 aromatic carbocycles. The summed E-state index contributed by atoms with van der Waals surface area (Å²) in [7, 11) is 0. The van der Waals surface area contributed by atoms with E-state index in [0.717, 1.165) is 43.9 Å². The zero-order valence-corrected chi connectivity index (χ0v) is 17.0. The van der Waals surface area contributed by atoms with Gasteiger partial charge in [0.05, 0.1) is 31.1 Å². The molecule has 2 aliphatic rings. The summed E-state index contributed by atoms with van der Waals surface area (Å²) in [4.78, 5) is 20.6. The summed E-state index contributed by atoms with van der Waals surface area (Å²) in [6.07, 6.45) is 3.89. The number of hydrogen-bond acceptors (Lipinski definition) is 7. The predicted octanol–water partition coefficient (Wildman–Crippen LogP) is 1.87. The maximum Gasteiger partial charge on any atom is 0.271 e. The third kappa shape index (κ3) is 5.22. The zero-order chi connectivity index (χ0) is 19.3. The molecule has 1 amide bonds. The molecule has 4 rings (SSSR count). The van der Waals surface area contributed by atoms with Gasteiger partial charge in [-0.1, -0.05) is 12.1 Å². The second-order valence-corrected chi connectivity index (χ2v) is 7.21. The molecule has 5 N–H and O–H groups in total. The fourth-order valence-electron chi connectivity index (χ4n) is 3.72. The fourth-order valence-corrected chi connectivity index (χ4v) is 3.72. The Bertz CT molecular complexity index is 820. The molecule has 29 heavy (non-hydrogen) atoms. The molecule has 2 saturated heterocycles. The van der Waals surface area contributed by atoms with Gasteiger partial charge in [0.15, 0.2) is 11.5 Å². The first-order valence-corrected chi connectivity index (χ1v) is 9.76. The van der Waals surface area contributed by atoms with Gasteiger partial charge in [-0.15, -0.1) is 12.4 Å². The minimum atomic E-state index is -0.610. The van der Waals surface area contributed by atoms with E-state index in [-0.39, 0.29) is 24.1 Å². The van der Waals surface area contributed by atoms with E-state index >= 15 is 0 Å². The van der Waals surface area contributed by atoms with Crippen molar-refractivity contribution in [1.29, 1.82) is 0 Å². The number of ether oxygens (including phenoxy) is 1. The van der Waals surface area contributed by atoms with Crippen LogP contribution in [0.25, 0.3) is 0 Å². The van der Waals surface area contributed by atoms with Gasteiger partial charge in [-0.25, -0.2) is 9.97 Å². The highest BCUT2D eigenvalue weighted by molar-refractivity contribution is 5.96. The maximum atomic E-state index is 11.8. The Morgan fingerprint density at radius 1 is 1.17 bits per heavy atom. The van der Waals surface area contributed by atoms with Crippen molar-refractivity contribution in [3.8, 4) is 0 Å². The molecule has 0 bridgehead atoms. The summed E-state index contributed by atoms with van der Waals surface area (Å²) in [6, 6.07) is 8.24. The average Bonchev–Trinajstić information content (AvgIpc) is 2.75. The molecule has 9 heteroatoms. The highest BCUT2D eigenvalue weighted by Gasteiger charge is 2.21. The minimum absolute atomic E-state index is 0. The van der Waals surface area contributed by atoms with E-state index in [4.69, 9.17) is 10.5 Å². The van der Waals surface area contributed by atoms with E-state index in [2.05, 4.69) is 38.1 Å². The number of aromatic nitrogens is 2. The summed E-state index contributed by atoms with van der Waals surface area (Å²) < 4.78 is 5.50. The summed E-state index contributed by atoms with van der Waals surface area (Å²) in [5, 5.41) is 9.94. The maximum absolute atomic E-state index is 11.8. The van der Waals surface area contributed by atoms with Gasteiger partial charge in [-0.05, 0) is 49.5 Å². The molecule has 8 nitrogen and oxygen atoms in total. The lowest BCUT2D eigenvalue weighted by molar-refractivity contribution is 0.0755. The average molecular weight is 419 g/mol. The largest absolute Gasteiger partial charge is 0.378 e. The number of piperidine rings is 1. The first-order chi connectivity index (χ1) is 13.7. The van der Waals surface area contributed by atoms with Gasteiger partial charge in [0.25, 0.3) is 5.91 Å². The number of anilines is 2. The molecule has 1 unspecified atom stereocenters. The second kappa shape index (κ2) is 9.98. The van der Waals surface area contributed by atoms with Crippen LogP contribution in [0.15, 0.2) is 30.5 Å². The number of primary amides is 1. The summed E-state index contributed by atoms with van der Waals surface area (Å²) >= 11 is 0. The summed E-state index contributed by atoms with van der Waals surface area (Å²) in [5.74, 6) is 0.352. The molecule has 0 radical (unpaired) electrons. The molecular formula is C20H27ClN6O2. The van der Waals surface area contributed by atoms with Crippen molar-refractivity contribution in [2.24, 2.45) is 5.73 Å². The molecular weight excluding hydrogens is 392 g/mol. The Kier molecular flexibility index (Phi) is 7.38. The number of carbonyl (C=O) groups excluding carboxylic acids is 1. The van der Waals surface area contributed by atoms with Crippen LogP contribution in [0.3, 0.4) is 0 Å². The van der Waals surface area contributed by atoms with Crippen molar-refractivity contribution in [1.82, 2.24) is 20.6 Å². The van der Waals surface area contributed by atoms with E-state index in [1.807, 2.05) is 12.1 Å². The number of nitrogens with two attached hydrogens (primary N) is 1. The van der Waals surface area contributed by atoms with Gasteiger partial charge in [0.2, 0.25) is 0 Å². The van der Waals surface area contributed by atoms with Crippen LogP contribution in [0, 0.1) is 0 Å². The van der Waals surface area contributed by atoms with E-state index in [1.54, 1.807) is 6.20 Å². The SMILES string of the molecule is Cl.NC(=O)c1ncc(C2COCCN2)nc1Nc1ccc(C2CCNCC2)cc1. The minimum Gasteiger partial charge on any atom is -0.378 e. The van der Waals surface area contributed by atoms with Crippen LogP contribution < -0.4 is 21.7 Å².